The fourth-order valence-corrected chi connectivity index (χ4v) is 3.41. The van der Waals surface area contributed by atoms with Gasteiger partial charge >= 0.3 is 6.03 Å². The third kappa shape index (κ3) is 2.91. The number of amides is 3. The number of rotatable bonds is 4. The summed E-state index contributed by atoms with van der Waals surface area (Å²) in [6.07, 6.45) is 4.83. The lowest BCUT2D eigenvalue weighted by Gasteiger charge is -2.12. The Labute approximate surface area is 157 Å². The van der Waals surface area contributed by atoms with Crippen LogP contribution in [-0.2, 0) is 4.79 Å². The molecule has 3 amide bonds. The van der Waals surface area contributed by atoms with Crippen LogP contribution < -0.4 is 10.2 Å². The van der Waals surface area contributed by atoms with Crippen LogP contribution in [0.3, 0.4) is 0 Å². The lowest BCUT2D eigenvalue weighted by Crippen LogP contribution is -2.30. The van der Waals surface area contributed by atoms with Crippen molar-refractivity contribution in [3.8, 4) is 0 Å². The number of para-hydroxylation sites is 2. The van der Waals surface area contributed by atoms with E-state index in [0.29, 0.717) is 11.7 Å². The number of urea groups is 1. The first kappa shape index (κ1) is 17.1. The second kappa shape index (κ2) is 6.76. The Morgan fingerprint density at radius 1 is 1.04 bits per heavy atom. The molecule has 136 valence electrons. The molecule has 5 nitrogen and oxygen atoms in total. The maximum atomic E-state index is 12.8. The summed E-state index contributed by atoms with van der Waals surface area (Å²) in [5.41, 5.74) is 2.89. The number of benzene rings is 2. The minimum absolute atomic E-state index is 0.288. The minimum atomic E-state index is -0.428. The highest BCUT2D eigenvalue weighted by atomic mass is 16.2. The van der Waals surface area contributed by atoms with Crippen LogP contribution in [0, 0.1) is 0 Å². The summed E-state index contributed by atoms with van der Waals surface area (Å²) in [5.74, 6) is -0.341. The van der Waals surface area contributed by atoms with Crippen LogP contribution in [0.2, 0.25) is 0 Å². The standard InChI is InChI=1S/C22H21N3O2/c1-3-15(2)24-14-16(18-11-7-8-12-20(18)24)13-19-21(26)25(22(27)23-19)17-9-5-4-6-10-17/h4-15H,3H2,1-2H3,(H,23,27)/b19-13-/t15-/m1/s1. The van der Waals surface area contributed by atoms with E-state index in [1.165, 1.54) is 4.90 Å². The normalized spacial score (nSPS) is 17.0. The summed E-state index contributed by atoms with van der Waals surface area (Å²) in [6.45, 7) is 4.32. The van der Waals surface area contributed by atoms with Crippen LogP contribution in [0.15, 0.2) is 66.5 Å². The van der Waals surface area contributed by atoms with E-state index in [0.717, 1.165) is 22.9 Å². The number of imide groups is 1. The first-order valence-corrected chi connectivity index (χ1v) is 9.12. The van der Waals surface area contributed by atoms with Crippen molar-refractivity contribution in [1.29, 1.82) is 0 Å². The molecule has 1 atom stereocenters. The molecule has 5 heteroatoms. The second-order valence-corrected chi connectivity index (χ2v) is 6.73. The van der Waals surface area contributed by atoms with E-state index in [4.69, 9.17) is 0 Å². The van der Waals surface area contributed by atoms with Gasteiger partial charge in [-0.15, -0.1) is 0 Å². The third-order valence-electron chi connectivity index (χ3n) is 5.03. The molecular weight excluding hydrogens is 338 g/mol. The summed E-state index contributed by atoms with van der Waals surface area (Å²) in [4.78, 5) is 26.3. The zero-order chi connectivity index (χ0) is 19.0. The van der Waals surface area contributed by atoms with Crippen molar-refractivity contribution in [3.63, 3.8) is 0 Å². The first-order valence-electron chi connectivity index (χ1n) is 9.12. The van der Waals surface area contributed by atoms with E-state index in [-0.39, 0.29) is 11.6 Å². The van der Waals surface area contributed by atoms with Gasteiger partial charge in [0.1, 0.15) is 5.70 Å². The highest BCUT2D eigenvalue weighted by Crippen LogP contribution is 2.29. The summed E-state index contributed by atoms with van der Waals surface area (Å²) in [6, 6.07) is 17.0. The summed E-state index contributed by atoms with van der Waals surface area (Å²) >= 11 is 0. The molecule has 1 saturated heterocycles. The number of nitrogens with zero attached hydrogens (tertiary/aromatic N) is 2. The molecule has 1 aliphatic rings. The smallest absolute Gasteiger partial charge is 0.333 e. The van der Waals surface area contributed by atoms with Crippen molar-refractivity contribution >= 4 is 34.6 Å². The molecule has 0 radical (unpaired) electrons. The molecule has 2 aromatic carbocycles. The Hall–Kier alpha value is -3.34. The number of fused-ring (bicyclic) bond motifs is 1. The van der Waals surface area contributed by atoms with Crippen molar-refractivity contribution in [2.75, 3.05) is 4.90 Å². The molecule has 2 heterocycles. The van der Waals surface area contributed by atoms with Gasteiger partial charge in [0.15, 0.2) is 0 Å². The van der Waals surface area contributed by atoms with Crippen LogP contribution in [0.4, 0.5) is 10.5 Å². The van der Waals surface area contributed by atoms with E-state index in [1.807, 2.05) is 24.3 Å². The molecule has 0 unspecified atom stereocenters. The molecular formula is C22H21N3O2. The van der Waals surface area contributed by atoms with Gasteiger partial charge in [-0.1, -0.05) is 43.3 Å². The molecule has 1 aliphatic heterocycles. The molecule has 0 aliphatic carbocycles. The predicted octanol–water partition coefficient (Wildman–Crippen LogP) is 4.71. The van der Waals surface area contributed by atoms with Crippen LogP contribution in [0.5, 0.6) is 0 Å². The van der Waals surface area contributed by atoms with Gasteiger partial charge in [-0.05, 0) is 37.6 Å². The Morgan fingerprint density at radius 2 is 1.74 bits per heavy atom. The van der Waals surface area contributed by atoms with E-state index in [2.05, 4.69) is 36.0 Å². The largest absolute Gasteiger partial charge is 0.344 e. The molecule has 1 aromatic heterocycles. The number of carbonyl (C=O) groups excluding carboxylic acids is 2. The molecule has 0 bridgehead atoms. The van der Waals surface area contributed by atoms with Crippen molar-refractivity contribution in [3.05, 3.63) is 72.1 Å². The number of hydrogen-bond donors (Lipinski definition) is 1. The number of anilines is 1. The van der Waals surface area contributed by atoms with Crippen molar-refractivity contribution in [2.45, 2.75) is 26.3 Å². The molecule has 0 spiro atoms. The van der Waals surface area contributed by atoms with Crippen LogP contribution in [0.25, 0.3) is 17.0 Å². The maximum Gasteiger partial charge on any atom is 0.333 e. The minimum Gasteiger partial charge on any atom is -0.344 e. The van der Waals surface area contributed by atoms with Gasteiger partial charge in [-0.3, -0.25) is 4.79 Å². The Bertz CT molecular complexity index is 1050. The second-order valence-electron chi connectivity index (χ2n) is 6.73. The number of nitrogens with one attached hydrogen (secondary N) is 1. The lowest BCUT2D eigenvalue weighted by molar-refractivity contribution is -0.113. The summed E-state index contributed by atoms with van der Waals surface area (Å²) < 4.78 is 2.22. The molecule has 27 heavy (non-hydrogen) atoms. The lowest BCUT2D eigenvalue weighted by atomic mass is 10.1. The van der Waals surface area contributed by atoms with Gasteiger partial charge < -0.3 is 9.88 Å². The highest BCUT2D eigenvalue weighted by Gasteiger charge is 2.34. The van der Waals surface area contributed by atoms with E-state index in [9.17, 15) is 9.59 Å². The van der Waals surface area contributed by atoms with Gasteiger partial charge in [-0.2, -0.15) is 0 Å². The zero-order valence-corrected chi connectivity index (χ0v) is 15.3. The summed E-state index contributed by atoms with van der Waals surface area (Å²) in [5, 5.41) is 3.77. The van der Waals surface area contributed by atoms with Crippen LogP contribution in [-0.4, -0.2) is 16.5 Å². The SMILES string of the molecule is CC[C@@H](C)n1cc(/C=C2\NC(=O)N(c3ccccc3)C2=O)c2ccccc21. The van der Waals surface area contributed by atoms with Gasteiger partial charge in [-0.25, -0.2) is 9.69 Å². The van der Waals surface area contributed by atoms with Crippen molar-refractivity contribution < 1.29 is 9.59 Å². The van der Waals surface area contributed by atoms with E-state index < -0.39 is 6.03 Å². The average molecular weight is 359 g/mol. The molecule has 1 N–H and O–H groups in total. The topological polar surface area (TPSA) is 54.3 Å². The fraction of sp³-hybridized carbons (Fsp3) is 0.182. The van der Waals surface area contributed by atoms with Crippen LogP contribution >= 0.6 is 0 Å². The highest BCUT2D eigenvalue weighted by molar-refractivity contribution is 6.28. The average Bonchev–Trinajstić information content (AvgIpc) is 3.19. The number of aromatic nitrogens is 1. The molecule has 1 fully saturated rings. The molecule has 3 aromatic rings. The zero-order valence-electron chi connectivity index (χ0n) is 15.3. The fourth-order valence-electron chi connectivity index (χ4n) is 3.41. The predicted molar refractivity (Wildman–Crippen MR) is 107 cm³/mol. The van der Waals surface area contributed by atoms with Crippen LogP contribution in [0.1, 0.15) is 31.9 Å². The van der Waals surface area contributed by atoms with E-state index in [1.54, 1.807) is 30.3 Å². The summed E-state index contributed by atoms with van der Waals surface area (Å²) in [7, 11) is 0. The molecule has 0 saturated carbocycles. The Morgan fingerprint density at radius 3 is 2.48 bits per heavy atom. The number of carbonyl (C=O) groups is 2. The monoisotopic (exact) mass is 359 g/mol. The van der Waals surface area contributed by atoms with E-state index >= 15 is 0 Å². The van der Waals surface area contributed by atoms with Crippen molar-refractivity contribution in [2.24, 2.45) is 0 Å². The quantitative estimate of drug-likeness (QED) is 0.542. The molecule has 4 rings (SSSR count). The Balaban J connectivity index is 1.77. The first-order chi connectivity index (χ1) is 13.1. The van der Waals surface area contributed by atoms with Gasteiger partial charge in [0.2, 0.25) is 0 Å². The van der Waals surface area contributed by atoms with Crippen molar-refractivity contribution in [1.82, 2.24) is 9.88 Å². The Kier molecular flexibility index (Phi) is 4.28. The van der Waals surface area contributed by atoms with Gasteiger partial charge in [0.25, 0.3) is 5.91 Å². The van der Waals surface area contributed by atoms with Gasteiger partial charge in [0, 0.05) is 28.7 Å². The third-order valence-corrected chi connectivity index (χ3v) is 5.03. The number of hydrogen-bond acceptors (Lipinski definition) is 2. The van der Waals surface area contributed by atoms with Gasteiger partial charge in [0.05, 0.1) is 5.69 Å². The maximum absolute atomic E-state index is 12.8.